The molecule has 1 N–H and O–H groups in total. The molecule has 2 heterocycles. The van der Waals surface area contributed by atoms with E-state index in [2.05, 4.69) is 22.3 Å². The van der Waals surface area contributed by atoms with Gasteiger partial charge in [-0.2, -0.15) is 0 Å². The van der Waals surface area contributed by atoms with Crippen LogP contribution in [0.3, 0.4) is 0 Å². The molecule has 1 aromatic carbocycles. The van der Waals surface area contributed by atoms with Gasteiger partial charge in [-0.25, -0.2) is 0 Å². The largest absolute Gasteiger partial charge is 0.375 e. The average Bonchev–Trinajstić information content (AvgIpc) is 3.02. The zero-order chi connectivity index (χ0) is 17.6. The lowest BCUT2D eigenvalue weighted by molar-refractivity contribution is -0.133. The number of nitrogens with one attached hydrogen (secondary N) is 1. The molecule has 2 aliphatic heterocycles. The van der Waals surface area contributed by atoms with Crippen LogP contribution in [-0.4, -0.2) is 55.3 Å². The molecule has 0 spiro atoms. The van der Waals surface area contributed by atoms with Crippen molar-refractivity contribution in [3.05, 3.63) is 35.9 Å². The summed E-state index contributed by atoms with van der Waals surface area (Å²) in [5.74, 6) is 0.562. The molecular weight excluding hydrogens is 316 g/mol. The maximum atomic E-state index is 12.2. The highest BCUT2D eigenvalue weighted by Crippen LogP contribution is 2.33. The number of amides is 1. The average molecular weight is 346 g/mol. The number of piperidine rings is 1. The summed E-state index contributed by atoms with van der Waals surface area (Å²) in [5, 5.41) is 2.97. The summed E-state index contributed by atoms with van der Waals surface area (Å²) in [6.07, 6.45) is 1.88. The van der Waals surface area contributed by atoms with E-state index in [0.29, 0.717) is 12.5 Å². The molecule has 3 atom stereocenters. The minimum atomic E-state index is -0.272. The fourth-order valence-electron chi connectivity index (χ4n) is 3.70. The third-order valence-electron chi connectivity index (χ3n) is 5.02. The normalized spacial score (nSPS) is 26.6. The second-order valence-corrected chi connectivity index (χ2v) is 7.45. The van der Waals surface area contributed by atoms with Gasteiger partial charge >= 0.3 is 0 Å². The fourth-order valence-corrected chi connectivity index (χ4v) is 3.70. The highest BCUT2D eigenvalue weighted by molar-refractivity contribution is 5.81. The zero-order valence-corrected chi connectivity index (χ0v) is 15.3. The van der Waals surface area contributed by atoms with Gasteiger partial charge in [0.1, 0.15) is 6.10 Å². The lowest BCUT2D eigenvalue weighted by Crippen LogP contribution is -2.44. The number of carbonyl (C=O) groups excluding carboxylic acids is 1. The lowest BCUT2D eigenvalue weighted by atomic mass is 9.91. The second kappa shape index (κ2) is 8.79. The number of hydrogen-bond acceptors (Lipinski definition) is 4. The molecule has 0 unspecified atom stereocenters. The zero-order valence-electron chi connectivity index (χ0n) is 15.3. The topological polar surface area (TPSA) is 50.8 Å². The molecule has 2 fully saturated rings. The van der Waals surface area contributed by atoms with Crippen LogP contribution in [0, 0.1) is 5.92 Å². The molecule has 0 radical (unpaired) electrons. The van der Waals surface area contributed by atoms with Crippen molar-refractivity contribution in [1.82, 2.24) is 10.2 Å². The van der Waals surface area contributed by atoms with Gasteiger partial charge in [-0.05, 0) is 44.7 Å². The summed E-state index contributed by atoms with van der Waals surface area (Å²) in [4.78, 5) is 14.6. The monoisotopic (exact) mass is 346 g/mol. The molecule has 5 nitrogen and oxygen atoms in total. The number of ether oxygens (including phenoxy) is 2. The van der Waals surface area contributed by atoms with Crippen molar-refractivity contribution in [1.29, 1.82) is 0 Å². The number of benzene rings is 1. The summed E-state index contributed by atoms with van der Waals surface area (Å²) >= 11 is 0. The van der Waals surface area contributed by atoms with E-state index in [-0.39, 0.29) is 24.2 Å². The predicted molar refractivity (Wildman–Crippen MR) is 97.2 cm³/mol. The number of hydrogen-bond donors (Lipinski definition) is 1. The third kappa shape index (κ3) is 5.27. The van der Waals surface area contributed by atoms with E-state index >= 15 is 0 Å². The third-order valence-corrected chi connectivity index (χ3v) is 5.02. The number of rotatable bonds is 7. The lowest BCUT2D eigenvalue weighted by Gasteiger charge is -2.33. The Morgan fingerprint density at radius 2 is 2.16 bits per heavy atom. The maximum Gasteiger partial charge on any atom is 0.249 e. The number of fused-ring (bicyclic) bond motifs is 1. The molecule has 0 aliphatic carbocycles. The Kier molecular flexibility index (Phi) is 6.45. The standard InChI is InChI=1S/C20H30N2O3/c1-15(2)21-20(23)18-12-17-8-9-22(13-19(17)25-18)10-11-24-14-16-6-4-3-5-7-16/h3-7,15,17-19H,8-14H2,1-2H3,(H,21,23)/t17-,18-,19+/m1/s1. The molecule has 1 amide bonds. The van der Waals surface area contributed by atoms with Gasteiger partial charge in [-0.1, -0.05) is 30.3 Å². The van der Waals surface area contributed by atoms with Gasteiger partial charge in [0.15, 0.2) is 0 Å². The van der Waals surface area contributed by atoms with Gasteiger partial charge in [0.2, 0.25) is 5.91 Å². The van der Waals surface area contributed by atoms with Gasteiger partial charge in [-0.15, -0.1) is 0 Å². The SMILES string of the molecule is CC(C)NC(=O)[C@H]1C[C@H]2CCN(CCOCc3ccccc3)C[C@@H]2O1. The quantitative estimate of drug-likeness (QED) is 0.769. The fraction of sp³-hybridized carbons (Fsp3) is 0.650. The predicted octanol–water partition coefficient (Wildman–Crippen LogP) is 2.21. The minimum Gasteiger partial charge on any atom is -0.375 e. The van der Waals surface area contributed by atoms with Crippen LogP contribution in [0.15, 0.2) is 30.3 Å². The van der Waals surface area contributed by atoms with Gasteiger partial charge in [0, 0.05) is 19.1 Å². The van der Waals surface area contributed by atoms with E-state index in [1.54, 1.807) is 0 Å². The summed E-state index contributed by atoms with van der Waals surface area (Å²) in [5.41, 5.74) is 1.21. The van der Waals surface area contributed by atoms with Crippen LogP contribution in [0.1, 0.15) is 32.3 Å². The van der Waals surface area contributed by atoms with Crippen molar-refractivity contribution in [3.8, 4) is 0 Å². The molecule has 25 heavy (non-hydrogen) atoms. The maximum absolute atomic E-state index is 12.2. The highest BCUT2D eigenvalue weighted by atomic mass is 16.5. The molecule has 5 heteroatoms. The first kappa shape index (κ1) is 18.4. The van der Waals surface area contributed by atoms with E-state index < -0.39 is 0 Å². The van der Waals surface area contributed by atoms with Gasteiger partial charge in [0.25, 0.3) is 0 Å². The Bertz CT molecular complexity index is 549. The smallest absolute Gasteiger partial charge is 0.249 e. The van der Waals surface area contributed by atoms with Crippen LogP contribution < -0.4 is 5.32 Å². The first-order valence-electron chi connectivity index (χ1n) is 9.41. The molecule has 0 aromatic heterocycles. The van der Waals surface area contributed by atoms with E-state index in [1.807, 2.05) is 32.0 Å². The van der Waals surface area contributed by atoms with Crippen molar-refractivity contribution >= 4 is 5.91 Å². The molecule has 0 bridgehead atoms. The van der Waals surface area contributed by atoms with Crippen LogP contribution in [0.4, 0.5) is 0 Å². The molecule has 138 valence electrons. The number of likely N-dealkylation sites (tertiary alicyclic amines) is 1. The van der Waals surface area contributed by atoms with E-state index in [0.717, 1.165) is 39.1 Å². The van der Waals surface area contributed by atoms with Crippen molar-refractivity contribution in [2.24, 2.45) is 5.92 Å². The molecule has 2 saturated heterocycles. The van der Waals surface area contributed by atoms with Gasteiger partial charge in [-0.3, -0.25) is 9.69 Å². The van der Waals surface area contributed by atoms with Gasteiger partial charge < -0.3 is 14.8 Å². The first-order chi connectivity index (χ1) is 12.1. The Hall–Kier alpha value is -1.43. The second-order valence-electron chi connectivity index (χ2n) is 7.45. The van der Waals surface area contributed by atoms with Crippen molar-refractivity contribution < 1.29 is 14.3 Å². The summed E-state index contributed by atoms with van der Waals surface area (Å²) in [6.45, 7) is 8.25. The van der Waals surface area contributed by atoms with E-state index in [9.17, 15) is 4.79 Å². The summed E-state index contributed by atoms with van der Waals surface area (Å²) < 4.78 is 11.8. The van der Waals surface area contributed by atoms with Crippen LogP contribution in [0.2, 0.25) is 0 Å². The van der Waals surface area contributed by atoms with Crippen LogP contribution in [0.25, 0.3) is 0 Å². The van der Waals surface area contributed by atoms with Crippen molar-refractivity contribution in [2.75, 3.05) is 26.2 Å². The van der Waals surface area contributed by atoms with Crippen molar-refractivity contribution in [3.63, 3.8) is 0 Å². The Balaban J connectivity index is 1.37. The van der Waals surface area contributed by atoms with E-state index in [4.69, 9.17) is 9.47 Å². The number of carbonyl (C=O) groups is 1. The molecule has 3 rings (SSSR count). The number of nitrogens with zero attached hydrogens (tertiary/aromatic N) is 1. The molecule has 2 aliphatic rings. The summed E-state index contributed by atoms with van der Waals surface area (Å²) in [7, 11) is 0. The first-order valence-corrected chi connectivity index (χ1v) is 9.41. The highest BCUT2D eigenvalue weighted by Gasteiger charge is 2.41. The summed E-state index contributed by atoms with van der Waals surface area (Å²) in [6, 6.07) is 10.4. The minimum absolute atomic E-state index is 0.0437. The van der Waals surface area contributed by atoms with Crippen LogP contribution in [0.5, 0.6) is 0 Å². The van der Waals surface area contributed by atoms with Crippen LogP contribution >= 0.6 is 0 Å². The van der Waals surface area contributed by atoms with E-state index in [1.165, 1.54) is 5.56 Å². The molecule has 0 saturated carbocycles. The van der Waals surface area contributed by atoms with Crippen LogP contribution in [-0.2, 0) is 20.9 Å². The molecule has 1 aromatic rings. The van der Waals surface area contributed by atoms with Crippen molar-refractivity contribution in [2.45, 2.75) is 51.5 Å². The van der Waals surface area contributed by atoms with Gasteiger partial charge in [0.05, 0.1) is 19.3 Å². The Morgan fingerprint density at radius 1 is 1.36 bits per heavy atom. The molecular formula is C20H30N2O3. The Labute approximate surface area is 150 Å². The Morgan fingerprint density at radius 3 is 2.92 bits per heavy atom.